The average molecular weight is 669 g/mol. The number of aromatic nitrogens is 1. The van der Waals surface area contributed by atoms with E-state index >= 15 is 0 Å². The fourth-order valence-electron chi connectivity index (χ4n) is 7.12. The molecule has 0 spiro atoms. The molecule has 48 heavy (non-hydrogen) atoms. The number of benzene rings is 3. The maximum absolute atomic E-state index is 13.9. The normalized spacial score (nSPS) is 25.8. The van der Waals surface area contributed by atoms with E-state index in [4.69, 9.17) is 15.2 Å². The van der Waals surface area contributed by atoms with Crippen LogP contribution in [0, 0.1) is 11.3 Å². The Bertz CT molecular complexity index is 1780. The Kier molecular flexibility index (Phi) is 9.19. The molecule has 4 aromatic rings. The summed E-state index contributed by atoms with van der Waals surface area (Å²) in [4.78, 5) is 23.0. The van der Waals surface area contributed by atoms with Gasteiger partial charge in [-0.1, -0.05) is 65.9 Å². The van der Waals surface area contributed by atoms with Crippen LogP contribution >= 0.6 is 11.3 Å². The monoisotopic (exact) mass is 668 g/mol. The quantitative estimate of drug-likeness (QED) is 0.179. The number of nitrogen functional groups attached to an aromatic ring is 1. The number of para-hydroxylation sites is 1. The molecule has 3 aliphatic rings. The Labute approximate surface area is 283 Å². The van der Waals surface area contributed by atoms with Gasteiger partial charge in [0, 0.05) is 31.7 Å². The number of rotatable bonds is 9. The van der Waals surface area contributed by atoms with Crippen LogP contribution in [0.15, 0.2) is 72.8 Å². The number of nitrogens with one attached hydrogen (secondary N) is 1. The number of fused-ring (bicyclic) bond motifs is 4. The third-order valence-electron chi connectivity index (χ3n) is 9.70. The molecule has 4 N–H and O–H groups in total. The van der Waals surface area contributed by atoms with Gasteiger partial charge in [-0.15, -0.1) is 0 Å². The molecule has 0 aliphatic carbocycles. The van der Waals surface area contributed by atoms with Crippen LogP contribution in [0.3, 0.4) is 0 Å². The number of urea groups is 1. The number of nitriles is 1. The molecular weight excluding hydrogens is 629 g/mol. The van der Waals surface area contributed by atoms with Gasteiger partial charge in [0.1, 0.15) is 24.6 Å². The number of anilines is 1. The Hall–Kier alpha value is -4.29. The summed E-state index contributed by atoms with van der Waals surface area (Å²) in [5.41, 5.74) is 9.98. The minimum atomic E-state index is -0.743. The van der Waals surface area contributed by atoms with E-state index in [9.17, 15) is 15.2 Å². The highest BCUT2D eigenvalue weighted by molar-refractivity contribution is 7.22. The van der Waals surface area contributed by atoms with Crippen molar-refractivity contribution in [1.82, 2.24) is 30.1 Å². The molecule has 13 heteroatoms. The molecule has 12 nitrogen and oxygen atoms in total. The number of carbonyl (C=O) groups is 1. The lowest BCUT2D eigenvalue weighted by Crippen LogP contribution is -2.68. The minimum Gasteiger partial charge on any atom is -0.497 e. The Morgan fingerprint density at radius 1 is 1.15 bits per heavy atom. The summed E-state index contributed by atoms with van der Waals surface area (Å²) in [5, 5.41) is 29.1. The summed E-state index contributed by atoms with van der Waals surface area (Å²) >= 11 is 1.45. The molecule has 250 valence electrons. The van der Waals surface area contributed by atoms with Crippen LogP contribution in [0.1, 0.15) is 23.6 Å². The first kappa shape index (κ1) is 32.3. The van der Waals surface area contributed by atoms with Gasteiger partial charge >= 0.3 is 6.03 Å². The maximum atomic E-state index is 13.9. The van der Waals surface area contributed by atoms with Gasteiger partial charge in [-0.25, -0.2) is 14.8 Å². The fraction of sp³-hybridized carbons (Fsp3) is 0.400. The molecule has 3 aromatic carbocycles. The van der Waals surface area contributed by atoms with Crippen LogP contribution in [-0.2, 0) is 24.2 Å². The number of thiazole rings is 1. The largest absolute Gasteiger partial charge is 0.497 e. The molecule has 7 rings (SSSR count). The SMILES string of the molecule is COc1ccc(CNC(=O)N(CC#N)N2CC3OC3N3[C@@H](Cc4ccccc4)C(O)C(C)N(Cc4cccc5sc(N)nc45)C[C@@H]32)cc1. The molecule has 3 aliphatic heterocycles. The van der Waals surface area contributed by atoms with E-state index in [0.29, 0.717) is 31.2 Å². The highest BCUT2D eigenvalue weighted by atomic mass is 32.1. The molecule has 6 atom stereocenters. The van der Waals surface area contributed by atoms with Gasteiger partial charge in [0.2, 0.25) is 0 Å². The topological polar surface area (TPSA) is 147 Å². The van der Waals surface area contributed by atoms with Gasteiger partial charge in [-0.2, -0.15) is 10.3 Å². The summed E-state index contributed by atoms with van der Waals surface area (Å²) < 4.78 is 12.5. The molecule has 3 saturated heterocycles. The Balaban J connectivity index is 1.22. The number of nitrogens with zero attached hydrogens (tertiary/aromatic N) is 6. The number of ether oxygens (including phenoxy) is 2. The van der Waals surface area contributed by atoms with Crippen molar-refractivity contribution >= 4 is 32.7 Å². The van der Waals surface area contributed by atoms with Crippen LogP contribution in [0.25, 0.3) is 10.2 Å². The van der Waals surface area contributed by atoms with Crippen molar-refractivity contribution in [3.63, 3.8) is 0 Å². The number of aliphatic hydroxyl groups is 1. The molecule has 0 radical (unpaired) electrons. The summed E-state index contributed by atoms with van der Waals surface area (Å²) in [6.07, 6.45) is -0.877. The zero-order valence-electron chi connectivity index (χ0n) is 27.0. The highest BCUT2D eigenvalue weighted by Crippen LogP contribution is 2.41. The number of amides is 2. The van der Waals surface area contributed by atoms with Crippen molar-refractivity contribution in [2.24, 2.45) is 0 Å². The number of epoxide rings is 1. The fourth-order valence-corrected chi connectivity index (χ4v) is 7.91. The lowest BCUT2D eigenvalue weighted by molar-refractivity contribution is -0.124. The molecular formula is C35H40N8O4S. The first-order valence-electron chi connectivity index (χ1n) is 16.2. The molecule has 1 aromatic heterocycles. The van der Waals surface area contributed by atoms with E-state index in [0.717, 1.165) is 32.7 Å². The van der Waals surface area contributed by atoms with E-state index in [-0.39, 0.29) is 49.7 Å². The smallest absolute Gasteiger partial charge is 0.333 e. The molecule has 4 unspecified atom stereocenters. The average Bonchev–Trinajstić information content (AvgIpc) is 3.79. The second-order valence-electron chi connectivity index (χ2n) is 12.6. The van der Waals surface area contributed by atoms with Gasteiger partial charge in [0.05, 0.1) is 42.2 Å². The van der Waals surface area contributed by atoms with Crippen LogP contribution in [0.4, 0.5) is 9.93 Å². The number of hydrazine groups is 1. The molecule has 0 saturated carbocycles. The first-order valence-corrected chi connectivity index (χ1v) is 17.0. The lowest BCUT2D eigenvalue weighted by atomic mass is 9.95. The third-order valence-corrected chi connectivity index (χ3v) is 10.5. The Morgan fingerprint density at radius 2 is 1.94 bits per heavy atom. The second-order valence-corrected chi connectivity index (χ2v) is 13.6. The number of aliphatic hydroxyl groups excluding tert-OH is 1. The minimum absolute atomic E-state index is 0.144. The summed E-state index contributed by atoms with van der Waals surface area (Å²) in [5.74, 6) is 0.734. The van der Waals surface area contributed by atoms with Gasteiger partial charge in [0.15, 0.2) is 5.13 Å². The molecule has 2 amide bonds. The van der Waals surface area contributed by atoms with E-state index in [1.165, 1.54) is 16.3 Å². The standard InChI is InChI=1S/C35H40N8O4S/c1-22-32(44)27(17-23-7-4-3-5-8-23)43-30(21-40(22)19-25-9-6-10-29-31(25)39-34(37)48-29)42(20-28-33(43)47-28)41(16-15-36)35(45)38-18-24-11-13-26(46-2)14-12-24/h3-14,22,27-28,30,32-33,44H,16-21H2,1-2H3,(H2,37,39)(H,38,45)/t22?,27-,28?,30+,32?,33?/m0/s1. The second kappa shape index (κ2) is 13.7. The maximum Gasteiger partial charge on any atom is 0.333 e. The van der Waals surface area contributed by atoms with Gasteiger partial charge in [0.25, 0.3) is 0 Å². The zero-order chi connectivity index (χ0) is 33.4. The van der Waals surface area contributed by atoms with Crippen LogP contribution in [0.2, 0.25) is 0 Å². The molecule has 4 heterocycles. The van der Waals surface area contributed by atoms with Gasteiger partial charge in [-0.3, -0.25) is 9.80 Å². The van der Waals surface area contributed by atoms with Crippen molar-refractivity contribution in [1.29, 1.82) is 5.26 Å². The molecule has 3 fully saturated rings. The van der Waals surface area contributed by atoms with E-state index < -0.39 is 6.10 Å². The lowest BCUT2D eigenvalue weighted by Gasteiger charge is -2.48. The summed E-state index contributed by atoms with van der Waals surface area (Å²) in [6, 6.07) is 25.0. The summed E-state index contributed by atoms with van der Waals surface area (Å²) in [7, 11) is 1.61. The van der Waals surface area contributed by atoms with Crippen LogP contribution in [-0.4, -0.2) is 99.4 Å². The molecule has 0 bridgehead atoms. The van der Waals surface area contributed by atoms with E-state index in [2.05, 4.69) is 51.3 Å². The van der Waals surface area contributed by atoms with Crippen molar-refractivity contribution in [2.45, 2.75) is 63.1 Å². The predicted octanol–water partition coefficient (Wildman–Crippen LogP) is 3.38. The zero-order valence-corrected chi connectivity index (χ0v) is 27.8. The van der Waals surface area contributed by atoms with Crippen LogP contribution < -0.4 is 15.8 Å². The van der Waals surface area contributed by atoms with Gasteiger partial charge < -0.3 is 25.6 Å². The van der Waals surface area contributed by atoms with Crippen molar-refractivity contribution < 1.29 is 19.4 Å². The van der Waals surface area contributed by atoms with Crippen molar-refractivity contribution in [3.05, 3.63) is 89.5 Å². The number of nitrogens with two attached hydrogens (primary N) is 1. The van der Waals surface area contributed by atoms with E-state index in [1.807, 2.05) is 59.6 Å². The van der Waals surface area contributed by atoms with Crippen LogP contribution in [0.5, 0.6) is 5.75 Å². The number of hydrogen-bond donors (Lipinski definition) is 3. The number of methoxy groups -OCH3 is 1. The third kappa shape index (κ3) is 6.43. The first-order chi connectivity index (χ1) is 23.3. The van der Waals surface area contributed by atoms with Gasteiger partial charge in [-0.05, 0) is 48.2 Å². The highest BCUT2D eigenvalue weighted by Gasteiger charge is 2.59. The predicted molar refractivity (Wildman–Crippen MR) is 182 cm³/mol. The van der Waals surface area contributed by atoms with Crippen molar-refractivity contribution in [2.75, 3.05) is 32.5 Å². The van der Waals surface area contributed by atoms with Crippen molar-refractivity contribution in [3.8, 4) is 11.8 Å². The summed E-state index contributed by atoms with van der Waals surface area (Å²) in [6.45, 7) is 3.65. The number of carbonyl (C=O) groups excluding carboxylic acids is 1. The number of hydrogen-bond acceptors (Lipinski definition) is 11. The Morgan fingerprint density at radius 3 is 2.69 bits per heavy atom. The van der Waals surface area contributed by atoms with E-state index in [1.54, 1.807) is 7.11 Å².